The van der Waals surface area contributed by atoms with Crippen molar-refractivity contribution in [1.82, 2.24) is 9.78 Å². The minimum atomic E-state index is 0.477. The van der Waals surface area contributed by atoms with Crippen LogP contribution in [0.2, 0.25) is 0 Å². The zero-order valence-corrected chi connectivity index (χ0v) is 11.1. The molecule has 0 spiro atoms. The van der Waals surface area contributed by atoms with Crippen molar-refractivity contribution < 1.29 is 0 Å². The summed E-state index contributed by atoms with van der Waals surface area (Å²) in [5, 5.41) is 13.6. The van der Waals surface area contributed by atoms with E-state index in [4.69, 9.17) is 0 Å². The van der Waals surface area contributed by atoms with Gasteiger partial charge in [0.2, 0.25) is 0 Å². The molecule has 1 aliphatic rings. The lowest BCUT2D eigenvalue weighted by Crippen LogP contribution is -2.43. The molecule has 0 radical (unpaired) electrons. The van der Waals surface area contributed by atoms with Gasteiger partial charge in [-0.25, -0.2) is 0 Å². The summed E-state index contributed by atoms with van der Waals surface area (Å²) in [4.78, 5) is 2.34. The quantitative estimate of drug-likeness (QED) is 0.745. The van der Waals surface area contributed by atoms with E-state index in [1.807, 2.05) is 18.7 Å². The molecule has 2 heterocycles. The van der Waals surface area contributed by atoms with Crippen molar-refractivity contribution in [1.29, 1.82) is 5.26 Å². The number of nitriles is 1. The molecule has 0 amide bonds. The van der Waals surface area contributed by atoms with E-state index in [-0.39, 0.29) is 0 Å². The van der Waals surface area contributed by atoms with Gasteiger partial charge >= 0.3 is 0 Å². The Morgan fingerprint density at radius 1 is 1.41 bits per heavy atom. The molecule has 1 aromatic rings. The fraction of sp³-hybridized carbons (Fsp3) is 0.692. The second kappa shape index (κ2) is 4.40. The van der Waals surface area contributed by atoms with Gasteiger partial charge in [-0.3, -0.25) is 4.68 Å². The van der Waals surface area contributed by atoms with Crippen LogP contribution in [0.3, 0.4) is 0 Å². The van der Waals surface area contributed by atoms with Crippen molar-refractivity contribution in [2.45, 2.75) is 39.7 Å². The third kappa shape index (κ3) is 1.90. The Morgan fingerprint density at radius 3 is 2.76 bits per heavy atom. The maximum Gasteiger partial charge on any atom is 0.145 e. The lowest BCUT2D eigenvalue weighted by Gasteiger charge is -2.39. The zero-order valence-electron chi connectivity index (χ0n) is 11.1. The van der Waals surface area contributed by atoms with Crippen LogP contribution in [0, 0.1) is 24.2 Å². The van der Waals surface area contributed by atoms with Gasteiger partial charge in [0.05, 0.1) is 5.69 Å². The van der Waals surface area contributed by atoms with Crippen LogP contribution in [0.15, 0.2) is 0 Å². The maximum absolute atomic E-state index is 9.27. The Morgan fingerprint density at radius 2 is 2.12 bits per heavy atom. The number of piperidine rings is 1. The van der Waals surface area contributed by atoms with Crippen LogP contribution in [-0.4, -0.2) is 22.4 Å². The van der Waals surface area contributed by atoms with Crippen LogP contribution >= 0.6 is 0 Å². The van der Waals surface area contributed by atoms with Crippen LogP contribution in [0.25, 0.3) is 0 Å². The Labute approximate surface area is 103 Å². The van der Waals surface area contributed by atoms with Gasteiger partial charge in [-0.1, -0.05) is 6.92 Å². The third-order valence-electron chi connectivity index (χ3n) is 3.95. The van der Waals surface area contributed by atoms with Gasteiger partial charge in [0.25, 0.3) is 0 Å². The molecule has 1 aromatic heterocycles. The summed E-state index contributed by atoms with van der Waals surface area (Å²) in [5.74, 6) is 1.66. The van der Waals surface area contributed by atoms with Gasteiger partial charge in [0.15, 0.2) is 0 Å². The molecule has 4 nitrogen and oxygen atoms in total. The van der Waals surface area contributed by atoms with Crippen molar-refractivity contribution >= 4 is 5.82 Å². The Kier molecular flexibility index (Phi) is 3.10. The first-order chi connectivity index (χ1) is 8.06. The molecule has 1 aliphatic heterocycles. The molecular formula is C13H20N4. The molecule has 0 saturated carbocycles. The first-order valence-electron chi connectivity index (χ1n) is 6.26. The molecule has 0 aliphatic carbocycles. The zero-order chi connectivity index (χ0) is 12.6. The molecule has 2 rings (SSSR count). The summed E-state index contributed by atoms with van der Waals surface area (Å²) in [6, 6.07) is 2.77. The van der Waals surface area contributed by atoms with Crippen LogP contribution in [0.5, 0.6) is 0 Å². The highest BCUT2D eigenvalue weighted by Crippen LogP contribution is 2.31. The molecule has 0 aromatic carbocycles. The molecule has 0 bridgehead atoms. The summed E-state index contributed by atoms with van der Waals surface area (Å²) >= 11 is 0. The van der Waals surface area contributed by atoms with Gasteiger partial charge in [0, 0.05) is 19.6 Å². The standard InChI is InChI=1S/C13H20N4/c1-9-6-5-7-17(11(9)3)13-12(8-14)10(2)15-16(13)4/h9,11H,5-7H2,1-4H3. The minimum Gasteiger partial charge on any atom is -0.353 e. The summed E-state index contributed by atoms with van der Waals surface area (Å²) in [5.41, 5.74) is 1.56. The lowest BCUT2D eigenvalue weighted by atomic mass is 9.92. The highest BCUT2D eigenvalue weighted by molar-refractivity contribution is 5.57. The normalized spacial score (nSPS) is 24.8. The van der Waals surface area contributed by atoms with Gasteiger partial charge in [-0.05, 0) is 32.6 Å². The molecule has 2 atom stereocenters. The highest BCUT2D eigenvalue weighted by atomic mass is 15.4. The number of hydrogen-bond donors (Lipinski definition) is 0. The Bertz CT molecular complexity index is 455. The molecule has 17 heavy (non-hydrogen) atoms. The molecule has 1 saturated heterocycles. The number of aromatic nitrogens is 2. The SMILES string of the molecule is Cc1nn(C)c(N2CCCC(C)C2C)c1C#N. The second-order valence-electron chi connectivity index (χ2n) is 5.07. The second-order valence-corrected chi connectivity index (χ2v) is 5.07. The fourth-order valence-electron chi connectivity index (χ4n) is 2.74. The number of nitrogens with zero attached hydrogens (tertiary/aromatic N) is 4. The first-order valence-corrected chi connectivity index (χ1v) is 6.26. The number of rotatable bonds is 1. The number of anilines is 1. The van der Waals surface area contributed by atoms with Crippen LogP contribution in [0.1, 0.15) is 37.9 Å². The van der Waals surface area contributed by atoms with E-state index in [9.17, 15) is 5.26 Å². The van der Waals surface area contributed by atoms with E-state index < -0.39 is 0 Å². The van der Waals surface area contributed by atoms with E-state index in [2.05, 4.69) is 29.9 Å². The highest BCUT2D eigenvalue weighted by Gasteiger charge is 2.29. The Hall–Kier alpha value is -1.50. The van der Waals surface area contributed by atoms with Gasteiger partial charge in [0.1, 0.15) is 17.5 Å². The molecule has 1 fully saturated rings. The third-order valence-corrected chi connectivity index (χ3v) is 3.95. The smallest absolute Gasteiger partial charge is 0.145 e. The average molecular weight is 232 g/mol. The topological polar surface area (TPSA) is 44.9 Å². The van der Waals surface area contributed by atoms with Crippen molar-refractivity contribution in [2.24, 2.45) is 13.0 Å². The van der Waals surface area contributed by atoms with E-state index in [1.165, 1.54) is 12.8 Å². The van der Waals surface area contributed by atoms with Crippen LogP contribution in [-0.2, 0) is 7.05 Å². The van der Waals surface area contributed by atoms with E-state index in [0.29, 0.717) is 12.0 Å². The molecule has 0 N–H and O–H groups in total. The largest absolute Gasteiger partial charge is 0.353 e. The predicted octanol–water partition coefficient (Wildman–Crippen LogP) is 2.22. The van der Waals surface area contributed by atoms with Crippen LogP contribution in [0.4, 0.5) is 5.82 Å². The number of aryl methyl sites for hydroxylation is 2. The Balaban J connectivity index is 2.43. The summed E-state index contributed by atoms with van der Waals surface area (Å²) in [6.07, 6.45) is 2.47. The number of hydrogen-bond acceptors (Lipinski definition) is 3. The fourth-order valence-corrected chi connectivity index (χ4v) is 2.74. The molecule has 92 valence electrons. The average Bonchev–Trinajstić information content (AvgIpc) is 2.57. The van der Waals surface area contributed by atoms with Gasteiger partial charge in [-0.15, -0.1) is 0 Å². The minimum absolute atomic E-state index is 0.477. The van der Waals surface area contributed by atoms with Crippen molar-refractivity contribution in [3.63, 3.8) is 0 Å². The first kappa shape index (κ1) is 12.0. The lowest BCUT2D eigenvalue weighted by molar-refractivity contribution is 0.358. The molecule has 4 heteroatoms. The summed E-state index contributed by atoms with van der Waals surface area (Å²) in [6.45, 7) is 7.46. The van der Waals surface area contributed by atoms with E-state index >= 15 is 0 Å². The maximum atomic E-state index is 9.27. The van der Waals surface area contributed by atoms with E-state index in [1.54, 1.807) is 0 Å². The molecule has 2 unspecified atom stereocenters. The predicted molar refractivity (Wildman–Crippen MR) is 67.9 cm³/mol. The monoisotopic (exact) mass is 232 g/mol. The van der Waals surface area contributed by atoms with Crippen molar-refractivity contribution in [3.05, 3.63) is 11.3 Å². The van der Waals surface area contributed by atoms with Crippen molar-refractivity contribution in [3.8, 4) is 6.07 Å². The summed E-state index contributed by atoms with van der Waals surface area (Å²) < 4.78 is 1.85. The van der Waals surface area contributed by atoms with Crippen LogP contribution < -0.4 is 4.90 Å². The summed E-state index contributed by atoms with van der Waals surface area (Å²) in [7, 11) is 1.93. The molecular weight excluding hydrogens is 212 g/mol. The van der Waals surface area contributed by atoms with Gasteiger partial charge < -0.3 is 4.90 Å². The van der Waals surface area contributed by atoms with Gasteiger partial charge in [-0.2, -0.15) is 10.4 Å². The van der Waals surface area contributed by atoms with E-state index in [0.717, 1.165) is 23.6 Å². The van der Waals surface area contributed by atoms with Crippen molar-refractivity contribution in [2.75, 3.05) is 11.4 Å².